The summed E-state index contributed by atoms with van der Waals surface area (Å²) in [7, 11) is 0. The van der Waals surface area contributed by atoms with Gasteiger partial charge in [-0.1, -0.05) is 0 Å². The quantitative estimate of drug-likeness (QED) is 0.837. The summed E-state index contributed by atoms with van der Waals surface area (Å²) in [6.45, 7) is 0.698. The Morgan fingerprint density at radius 1 is 1.50 bits per heavy atom. The molecule has 94 valence electrons. The monoisotopic (exact) mass is 247 g/mol. The number of rotatable bonds is 2. The zero-order valence-corrected chi connectivity index (χ0v) is 9.87. The lowest BCUT2D eigenvalue weighted by Crippen LogP contribution is -2.26. The first kappa shape index (κ1) is 12.4. The fourth-order valence-corrected chi connectivity index (χ4v) is 2.03. The van der Waals surface area contributed by atoms with Crippen LogP contribution >= 0.6 is 0 Å². The number of benzene rings is 1. The van der Waals surface area contributed by atoms with Crippen molar-refractivity contribution in [2.45, 2.75) is 25.3 Å². The first-order chi connectivity index (χ1) is 8.69. The molecule has 1 amide bonds. The standard InChI is InChI=1S/C13H14FN3O/c14-12-4-3-11(6-9(12)8-15)17-10-2-1-5-16-13(18)7-10/h3-4,6,10,17H,1-2,5,7H2,(H,16,18). The average Bonchev–Trinajstić information content (AvgIpc) is 2.56. The molecule has 18 heavy (non-hydrogen) atoms. The Morgan fingerprint density at radius 2 is 2.33 bits per heavy atom. The van der Waals surface area contributed by atoms with Crippen molar-refractivity contribution in [3.05, 3.63) is 29.6 Å². The third-order valence-electron chi connectivity index (χ3n) is 2.94. The van der Waals surface area contributed by atoms with Crippen molar-refractivity contribution < 1.29 is 9.18 Å². The Balaban J connectivity index is 2.09. The van der Waals surface area contributed by atoms with Gasteiger partial charge in [0, 0.05) is 24.7 Å². The first-order valence-corrected chi connectivity index (χ1v) is 5.92. The van der Waals surface area contributed by atoms with E-state index in [1.54, 1.807) is 12.1 Å². The molecule has 1 unspecified atom stereocenters. The molecule has 0 aliphatic carbocycles. The average molecular weight is 247 g/mol. The maximum atomic E-state index is 13.2. The minimum absolute atomic E-state index is 0.0121. The van der Waals surface area contributed by atoms with Gasteiger partial charge in [-0.25, -0.2) is 4.39 Å². The van der Waals surface area contributed by atoms with Crippen LogP contribution in [0.3, 0.4) is 0 Å². The summed E-state index contributed by atoms with van der Waals surface area (Å²) in [5.41, 5.74) is 0.686. The summed E-state index contributed by atoms with van der Waals surface area (Å²) < 4.78 is 13.2. The Kier molecular flexibility index (Phi) is 3.78. The molecule has 1 saturated heterocycles. The molecule has 1 aliphatic rings. The molecule has 5 heteroatoms. The van der Waals surface area contributed by atoms with Crippen LogP contribution in [-0.2, 0) is 4.79 Å². The highest BCUT2D eigenvalue weighted by molar-refractivity contribution is 5.77. The van der Waals surface area contributed by atoms with Crippen LogP contribution < -0.4 is 10.6 Å². The molecule has 4 nitrogen and oxygen atoms in total. The fourth-order valence-electron chi connectivity index (χ4n) is 2.03. The van der Waals surface area contributed by atoms with Crippen molar-refractivity contribution in [2.75, 3.05) is 11.9 Å². The van der Waals surface area contributed by atoms with Gasteiger partial charge in [0.15, 0.2) is 0 Å². The van der Waals surface area contributed by atoms with E-state index in [-0.39, 0.29) is 17.5 Å². The van der Waals surface area contributed by atoms with Crippen LogP contribution in [0.4, 0.5) is 10.1 Å². The number of halogens is 1. The fraction of sp³-hybridized carbons (Fsp3) is 0.385. The van der Waals surface area contributed by atoms with Crippen molar-refractivity contribution in [3.8, 4) is 6.07 Å². The number of hydrogen-bond donors (Lipinski definition) is 2. The van der Waals surface area contributed by atoms with E-state index in [1.165, 1.54) is 12.1 Å². The van der Waals surface area contributed by atoms with Gasteiger partial charge in [-0.15, -0.1) is 0 Å². The first-order valence-electron chi connectivity index (χ1n) is 5.92. The van der Waals surface area contributed by atoms with Crippen LogP contribution in [-0.4, -0.2) is 18.5 Å². The molecule has 0 bridgehead atoms. The van der Waals surface area contributed by atoms with E-state index in [0.717, 1.165) is 12.8 Å². The smallest absolute Gasteiger partial charge is 0.222 e. The summed E-state index contributed by atoms with van der Waals surface area (Å²) in [6, 6.07) is 6.15. The zero-order chi connectivity index (χ0) is 13.0. The minimum atomic E-state index is -0.526. The van der Waals surface area contributed by atoms with Crippen molar-refractivity contribution >= 4 is 11.6 Å². The number of carbonyl (C=O) groups excluding carboxylic acids is 1. The third-order valence-corrected chi connectivity index (χ3v) is 2.94. The molecule has 0 radical (unpaired) electrons. The van der Waals surface area contributed by atoms with E-state index < -0.39 is 5.82 Å². The second-order valence-corrected chi connectivity index (χ2v) is 4.34. The van der Waals surface area contributed by atoms with Gasteiger partial charge in [-0.3, -0.25) is 4.79 Å². The number of amides is 1. The molecule has 1 fully saturated rings. The van der Waals surface area contributed by atoms with Gasteiger partial charge in [-0.05, 0) is 31.0 Å². The van der Waals surface area contributed by atoms with Crippen LogP contribution in [0.15, 0.2) is 18.2 Å². The van der Waals surface area contributed by atoms with E-state index >= 15 is 0 Å². The number of carbonyl (C=O) groups is 1. The molecular formula is C13H14FN3O. The predicted molar refractivity (Wildman–Crippen MR) is 65.4 cm³/mol. The maximum absolute atomic E-state index is 13.2. The van der Waals surface area contributed by atoms with Crippen molar-refractivity contribution in [3.63, 3.8) is 0 Å². The SMILES string of the molecule is N#Cc1cc(NC2CCCNC(=O)C2)ccc1F. The van der Waals surface area contributed by atoms with E-state index in [4.69, 9.17) is 5.26 Å². The molecule has 1 atom stereocenters. The molecule has 0 saturated carbocycles. The molecule has 2 N–H and O–H groups in total. The van der Waals surface area contributed by atoms with Crippen molar-refractivity contribution in [2.24, 2.45) is 0 Å². The van der Waals surface area contributed by atoms with Crippen LogP contribution in [0.1, 0.15) is 24.8 Å². The van der Waals surface area contributed by atoms with E-state index in [0.29, 0.717) is 18.7 Å². The lowest BCUT2D eigenvalue weighted by atomic mass is 10.1. The Morgan fingerprint density at radius 3 is 3.11 bits per heavy atom. The van der Waals surface area contributed by atoms with Crippen LogP contribution in [0.5, 0.6) is 0 Å². The van der Waals surface area contributed by atoms with E-state index in [2.05, 4.69) is 10.6 Å². The van der Waals surface area contributed by atoms with Crippen LogP contribution in [0.25, 0.3) is 0 Å². The van der Waals surface area contributed by atoms with Gasteiger partial charge >= 0.3 is 0 Å². The van der Waals surface area contributed by atoms with Crippen molar-refractivity contribution in [1.29, 1.82) is 5.26 Å². The molecule has 0 aromatic heterocycles. The summed E-state index contributed by atoms with van der Waals surface area (Å²) in [6.07, 6.45) is 2.19. The van der Waals surface area contributed by atoms with Crippen LogP contribution in [0, 0.1) is 17.1 Å². The van der Waals surface area contributed by atoms with E-state index in [9.17, 15) is 9.18 Å². The normalized spacial score (nSPS) is 19.6. The lowest BCUT2D eigenvalue weighted by molar-refractivity contribution is -0.120. The second kappa shape index (κ2) is 5.50. The summed E-state index contributed by atoms with van der Waals surface area (Å²) in [4.78, 5) is 11.4. The summed E-state index contributed by atoms with van der Waals surface area (Å²) in [5, 5.41) is 14.7. The highest BCUT2D eigenvalue weighted by Crippen LogP contribution is 2.18. The largest absolute Gasteiger partial charge is 0.382 e. The number of nitriles is 1. The second-order valence-electron chi connectivity index (χ2n) is 4.34. The Labute approximate surface area is 105 Å². The Bertz CT molecular complexity index is 495. The van der Waals surface area contributed by atoms with Gasteiger partial charge in [-0.2, -0.15) is 5.26 Å². The topological polar surface area (TPSA) is 64.9 Å². The van der Waals surface area contributed by atoms with Gasteiger partial charge in [0.2, 0.25) is 5.91 Å². The number of anilines is 1. The number of nitrogens with one attached hydrogen (secondary N) is 2. The number of hydrogen-bond acceptors (Lipinski definition) is 3. The predicted octanol–water partition coefficient (Wildman–Crippen LogP) is 1.78. The highest BCUT2D eigenvalue weighted by atomic mass is 19.1. The molecule has 1 heterocycles. The molecular weight excluding hydrogens is 233 g/mol. The zero-order valence-electron chi connectivity index (χ0n) is 9.87. The number of nitrogens with zero attached hydrogens (tertiary/aromatic N) is 1. The maximum Gasteiger partial charge on any atom is 0.222 e. The van der Waals surface area contributed by atoms with Crippen molar-refractivity contribution in [1.82, 2.24) is 5.32 Å². The third kappa shape index (κ3) is 2.98. The van der Waals surface area contributed by atoms with Gasteiger partial charge < -0.3 is 10.6 Å². The van der Waals surface area contributed by atoms with Gasteiger partial charge in [0.25, 0.3) is 0 Å². The lowest BCUT2D eigenvalue weighted by Gasteiger charge is -2.16. The van der Waals surface area contributed by atoms with Crippen LogP contribution in [0.2, 0.25) is 0 Å². The molecule has 1 aliphatic heterocycles. The molecule has 0 spiro atoms. The molecule has 1 aromatic carbocycles. The molecule has 1 aromatic rings. The highest BCUT2D eigenvalue weighted by Gasteiger charge is 2.17. The minimum Gasteiger partial charge on any atom is -0.382 e. The Hall–Kier alpha value is -2.09. The van der Waals surface area contributed by atoms with Gasteiger partial charge in [0.05, 0.1) is 5.56 Å². The molecule has 2 rings (SSSR count). The summed E-state index contributed by atoms with van der Waals surface area (Å²) >= 11 is 0. The summed E-state index contributed by atoms with van der Waals surface area (Å²) in [5.74, 6) is -0.505. The van der Waals surface area contributed by atoms with Gasteiger partial charge in [0.1, 0.15) is 11.9 Å². The van der Waals surface area contributed by atoms with E-state index in [1.807, 2.05) is 0 Å².